The average molecular weight is 469 g/mol. The van der Waals surface area contributed by atoms with Gasteiger partial charge in [-0.15, -0.1) is 0 Å². The number of ether oxygens (including phenoxy) is 3. The van der Waals surface area contributed by atoms with Crippen molar-refractivity contribution in [2.45, 2.75) is 13.5 Å². The molecule has 0 N–H and O–H groups in total. The number of aromatic nitrogens is 1. The number of nitrogens with zero attached hydrogens (tertiary/aromatic N) is 2. The van der Waals surface area contributed by atoms with Gasteiger partial charge in [-0.1, -0.05) is 34.5 Å². The third kappa shape index (κ3) is 5.33. The number of hydrogen-bond donors (Lipinski definition) is 0. The first-order chi connectivity index (χ1) is 14.4. The summed E-state index contributed by atoms with van der Waals surface area (Å²) in [5.41, 5.74) is 0.738. The number of hydrogen-bond acceptors (Lipinski definition) is 6. The highest BCUT2D eigenvalue weighted by atomic mass is 35.5. The van der Waals surface area contributed by atoms with Gasteiger partial charge in [0, 0.05) is 5.02 Å². The summed E-state index contributed by atoms with van der Waals surface area (Å²) in [5.74, 6) is 0.0268. The zero-order valence-corrected chi connectivity index (χ0v) is 18.5. The van der Waals surface area contributed by atoms with Gasteiger partial charge in [0.25, 0.3) is 5.91 Å². The summed E-state index contributed by atoms with van der Waals surface area (Å²) in [6.07, 6.45) is 0. The molecular weight excluding hydrogens is 451 g/mol. The number of rotatable bonds is 7. The standard InChI is InChI=1S/C20H18Cl2N2O5S/c1-3-28-19(26)10-24-15-6-5-13(27-2)9-17(15)30-20(24)23-18(25)11-29-16-7-4-12(21)8-14(16)22/h4-9H,3,10-11H2,1-2H3. The molecule has 2 aromatic carbocycles. The van der Waals surface area contributed by atoms with E-state index in [-0.39, 0.29) is 19.8 Å². The van der Waals surface area contributed by atoms with Gasteiger partial charge in [0.2, 0.25) is 0 Å². The fraction of sp³-hybridized carbons (Fsp3) is 0.250. The molecule has 0 aliphatic rings. The lowest BCUT2D eigenvalue weighted by Gasteiger charge is -2.07. The first kappa shape index (κ1) is 22.1. The van der Waals surface area contributed by atoms with E-state index in [4.69, 9.17) is 37.4 Å². The van der Waals surface area contributed by atoms with Gasteiger partial charge < -0.3 is 18.8 Å². The van der Waals surface area contributed by atoms with Crippen LogP contribution >= 0.6 is 34.5 Å². The summed E-state index contributed by atoms with van der Waals surface area (Å²) in [5, 5.41) is 0.755. The van der Waals surface area contributed by atoms with Crippen molar-refractivity contribution < 1.29 is 23.8 Å². The number of carbonyl (C=O) groups excluding carboxylic acids is 2. The van der Waals surface area contributed by atoms with Gasteiger partial charge in [-0.25, -0.2) is 0 Å². The Bertz CT molecular complexity index is 1160. The second-order valence-corrected chi connectivity index (χ2v) is 7.83. The van der Waals surface area contributed by atoms with Crippen molar-refractivity contribution in [2.75, 3.05) is 20.3 Å². The average Bonchev–Trinajstić information content (AvgIpc) is 3.03. The molecule has 1 amide bonds. The van der Waals surface area contributed by atoms with E-state index in [2.05, 4.69) is 4.99 Å². The number of amides is 1. The minimum absolute atomic E-state index is 0.0733. The number of thiazole rings is 1. The molecule has 1 aromatic heterocycles. The van der Waals surface area contributed by atoms with Gasteiger partial charge in [0.1, 0.15) is 18.0 Å². The molecule has 0 bridgehead atoms. The van der Waals surface area contributed by atoms with Crippen molar-refractivity contribution in [3.63, 3.8) is 0 Å². The molecule has 0 atom stereocenters. The molecule has 3 rings (SSSR count). The Morgan fingerprint density at radius 1 is 1.17 bits per heavy atom. The van der Waals surface area contributed by atoms with E-state index in [9.17, 15) is 9.59 Å². The molecule has 0 saturated heterocycles. The molecule has 7 nitrogen and oxygen atoms in total. The van der Waals surface area contributed by atoms with Gasteiger partial charge >= 0.3 is 5.97 Å². The maximum atomic E-state index is 12.4. The quantitative estimate of drug-likeness (QED) is 0.487. The molecule has 10 heteroatoms. The summed E-state index contributed by atoms with van der Waals surface area (Å²) >= 11 is 13.2. The number of fused-ring (bicyclic) bond motifs is 1. The highest BCUT2D eigenvalue weighted by Gasteiger charge is 2.13. The number of esters is 1. The third-order valence-corrected chi connectivity index (χ3v) is 5.52. The van der Waals surface area contributed by atoms with E-state index in [1.165, 1.54) is 17.4 Å². The lowest BCUT2D eigenvalue weighted by molar-refractivity contribution is -0.143. The lowest BCUT2D eigenvalue weighted by atomic mass is 10.3. The predicted octanol–water partition coefficient (Wildman–Crippen LogP) is 4.09. The van der Waals surface area contributed by atoms with Crippen molar-refractivity contribution in [3.05, 3.63) is 51.2 Å². The minimum Gasteiger partial charge on any atom is -0.497 e. The molecule has 0 unspecified atom stereocenters. The highest BCUT2D eigenvalue weighted by Crippen LogP contribution is 2.27. The maximum Gasteiger partial charge on any atom is 0.326 e. The van der Waals surface area contributed by atoms with Gasteiger partial charge in [-0.3, -0.25) is 9.59 Å². The van der Waals surface area contributed by atoms with Crippen molar-refractivity contribution >= 4 is 56.6 Å². The van der Waals surface area contributed by atoms with Crippen LogP contribution in [0.5, 0.6) is 11.5 Å². The molecule has 3 aromatic rings. The van der Waals surface area contributed by atoms with Gasteiger partial charge in [-0.2, -0.15) is 4.99 Å². The summed E-state index contributed by atoms with van der Waals surface area (Å²) in [7, 11) is 1.56. The Morgan fingerprint density at radius 2 is 1.97 bits per heavy atom. The molecule has 0 spiro atoms. The molecule has 0 saturated carbocycles. The Kier molecular flexibility index (Phi) is 7.36. The minimum atomic E-state index is -0.530. The van der Waals surface area contributed by atoms with Crippen LogP contribution in [0.25, 0.3) is 10.2 Å². The normalized spacial score (nSPS) is 11.5. The van der Waals surface area contributed by atoms with Gasteiger partial charge in [0.15, 0.2) is 11.4 Å². The first-order valence-electron chi connectivity index (χ1n) is 8.89. The monoisotopic (exact) mass is 468 g/mol. The number of methoxy groups -OCH3 is 1. The Hall–Kier alpha value is -2.55. The second-order valence-electron chi connectivity index (χ2n) is 5.98. The van der Waals surface area contributed by atoms with Crippen LogP contribution in [0.3, 0.4) is 0 Å². The molecule has 1 heterocycles. The summed E-state index contributed by atoms with van der Waals surface area (Å²) in [6.45, 7) is 1.60. The number of halogens is 2. The van der Waals surface area contributed by atoms with Crippen molar-refractivity contribution in [1.82, 2.24) is 4.57 Å². The van der Waals surface area contributed by atoms with E-state index < -0.39 is 11.9 Å². The zero-order chi connectivity index (χ0) is 21.7. The van der Waals surface area contributed by atoms with Gasteiger partial charge in [0.05, 0.1) is 29.0 Å². The van der Waals surface area contributed by atoms with Crippen LogP contribution in [-0.2, 0) is 20.9 Å². The summed E-state index contributed by atoms with van der Waals surface area (Å²) < 4.78 is 18.2. The highest BCUT2D eigenvalue weighted by molar-refractivity contribution is 7.16. The van der Waals surface area contributed by atoms with Crippen molar-refractivity contribution in [3.8, 4) is 11.5 Å². The smallest absolute Gasteiger partial charge is 0.326 e. The van der Waals surface area contributed by atoms with E-state index in [0.29, 0.717) is 26.3 Å². The van der Waals surface area contributed by atoms with Gasteiger partial charge in [-0.05, 0) is 43.3 Å². The van der Waals surface area contributed by atoms with Crippen LogP contribution in [-0.4, -0.2) is 36.8 Å². The molecule has 0 radical (unpaired) electrons. The van der Waals surface area contributed by atoms with E-state index in [0.717, 1.165) is 10.2 Å². The van der Waals surface area contributed by atoms with Crippen molar-refractivity contribution in [2.24, 2.45) is 4.99 Å². The molecule has 0 aliphatic heterocycles. The largest absolute Gasteiger partial charge is 0.497 e. The Morgan fingerprint density at radius 3 is 2.67 bits per heavy atom. The maximum absolute atomic E-state index is 12.4. The fourth-order valence-corrected chi connectivity index (χ4v) is 4.16. The molecule has 30 heavy (non-hydrogen) atoms. The zero-order valence-electron chi connectivity index (χ0n) is 16.2. The van der Waals surface area contributed by atoms with Crippen LogP contribution < -0.4 is 14.3 Å². The Labute approximate surface area is 186 Å². The molecule has 0 fully saturated rings. The van der Waals surface area contributed by atoms with Crippen LogP contribution in [0.15, 0.2) is 41.4 Å². The lowest BCUT2D eigenvalue weighted by Crippen LogP contribution is -2.24. The molecule has 0 aliphatic carbocycles. The Balaban J connectivity index is 1.90. The van der Waals surface area contributed by atoms with Crippen LogP contribution in [0, 0.1) is 0 Å². The topological polar surface area (TPSA) is 79.1 Å². The fourth-order valence-electron chi connectivity index (χ4n) is 2.63. The third-order valence-electron chi connectivity index (χ3n) is 3.95. The number of carbonyl (C=O) groups is 2. The van der Waals surface area contributed by atoms with Crippen molar-refractivity contribution in [1.29, 1.82) is 0 Å². The number of benzene rings is 2. The first-order valence-corrected chi connectivity index (χ1v) is 10.5. The van der Waals surface area contributed by atoms with Crippen LogP contribution in [0.4, 0.5) is 0 Å². The predicted molar refractivity (Wildman–Crippen MR) is 116 cm³/mol. The second kappa shape index (κ2) is 9.97. The molecular formula is C20H18Cl2N2O5S. The van der Waals surface area contributed by atoms with E-state index >= 15 is 0 Å². The van der Waals surface area contributed by atoms with Crippen LogP contribution in [0.1, 0.15) is 6.92 Å². The van der Waals surface area contributed by atoms with Crippen LogP contribution in [0.2, 0.25) is 10.0 Å². The van der Waals surface area contributed by atoms with E-state index in [1.807, 2.05) is 6.07 Å². The summed E-state index contributed by atoms with van der Waals surface area (Å²) in [6, 6.07) is 10.1. The summed E-state index contributed by atoms with van der Waals surface area (Å²) in [4.78, 5) is 28.9. The molecule has 158 valence electrons. The SMILES string of the molecule is CCOC(=O)Cn1c(=NC(=O)COc2ccc(Cl)cc2Cl)sc2cc(OC)ccc21. The van der Waals surface area contributed by atoms with E-state index in [1.54, 1.807) is 42.9 Å².